The van der Waals surface area contributed by atoms with Crippen LogP contribution in [0.2, 0.25) is 0 Å². The number of nitro benzene ring substituents is 1. The number of carbonyl (C=O) groups is 3. The summed E-state index contributed by atoms with van der Waals surface area (Å²) in [5, 5.41) is 13.6. The van der Waals surface area contributed by atoms with Crippen molar-refractivity contribution >= 4 is 29.2 Å². The number of nitro groups is 1. The van der Waals surface area contributed by atoms with Crippen LogP contribution in [0.25, 0.3) is 0 Å². The van der Waals surface area contributed by atoms with Gasteiger partial charge in [-0.3, -0.25) is 29.9 Å². The van der Waals surface area contributed by atoms with E-state index in [0.717, 1.165) is 29.8 Å². The van der Waals surface area contributed by atoms with Crippen molar-refractivity contribution < 1.29 is 19.3 Å². The molecule has 9 heteroatoms. The Labute approximate surface area is 167 Å². The maximum atomic E-state index is 13.5. The number of nitrogens with one attached hydrogen (secondary N) is 1. The van der Waals surface area contributed by atoms with Gasteiger partial charge in [-0.05, 0) is 24.5 Å². The van der Waals surface area contributed by atoms with Crippen molar-refractivity contribution in [3.63, 3.8) is 0 Å². The lowest BCUT2D eigenvalue weighted by atomic mass is 9.67. The summed E-state index contributed by atoms with van der Waals surface area (Å²) >= 11 is 0. The summed E-state index contributed by atoms with van der Waals surface area (Å²) in [6.07, 6.45) is 4.82. The molecule has 29 heavy (non-hydrogen) atoms. The Hall–Kier alpha value is -3.23. The Kier molecular flexibility index (Phi) is 4.60. The van der Waals surface area contributed by atoms with Gasteiger partial charge in [0.05, 0.1) is 11.0 Å². The number of rotatable bonds is 3. The molecule has 2 atom stereocenters. The molecule has 3 heterocycles. The first-order valence-electron chi connectivity index (χ1n) is 9.72. The second-order valence-corrected chi connectivity index (χ2v) is 7.74. The number of hydrogen-bond acceptors (Lipinski definition) is 6. The largest absolute Gasteiger partial charge is 0.367 e. The molecule has 0 radical (unpaired) electrons. The third-order valence-electron chi connectivity index (χ3n) is 6.18. The van der Waals surface area contributed by atoms with E-state index >= 15 is 0 Å². The van der Waals surface area contributed by atoms with Crippen LogP contribution in [0.3, 0.4) is 0 Å². The van der Waals surface area contributed by atoms with Crippen molar-refractivity contribution in [2.24, 2.45) is 5.41 Å². The fourth-order valence-corrected chi connectivity index (χ4v) is 4.89. The summed E-state index contributed by atoms with van der Waals surface area (Å²) < 4.78 is 0. The van der Waals surface area contributed by atoms with Crippen molar-refractivity contribution in [2.45, 2.75) is 38.1 Å². The highest BCUT2D eigenvalue weighted by Crippen LogP contribution is 2.47. The number of fused-ring (bicyclic) bond motifs is 4. The van der Waals surface area contributed by atoms with E-state index in [2.05, 4.69) is 11.9 Å². The molecule has 1 N–H and O–H groups in total. The van der Waals surface area contributed by atoms with Crippen molar-refractivity contribution in [3.8, 4) is 0 Å². The monoisotopic (exact) mass is 398 g/mol. The zero-order valence-electron chi connectivity index (χ0n) is 15.9. The van der Waals surface area contributed by atoms with E-state index in [1.54, 1.807) is 6.07 Å². The molecular weight excluding hydrogens is 376 g/mol. The van der Waals surface area contributed by atoms with Crippen LogP contribution in [-0.4, -0.2) is 46.8 Å². The average molecular weight is 398 g/mol. The van der Waals surface area contributed by atoms with Crippen LogP contribution in [0.5, 0.6) is 0 Å². The number of non-ortho nitro benzene ring substituents is 1. The summed E-state index contributed by atoms with van der Waals surface area (Å²) in [6, 6.07) is 3.43. The quantitative estimate of drug-likeness (QED) is 0.361. The van der Waals surface area contributed by atoms with Crippen LogP contribution < -0.4 is 10.2 Å². The molecule has 4 amide bonds. The predicted molar refractivity (Wildman–Crippen MR) is 104 cm³/mol. The Morgan fingerprint density at radius 2 is 2.07 bits per heavy atom. The second kappa shape index (κ2) is 6.98. The molecule has 3 aliphatic rings. The number of hydrogen-bond donors (Lipinski definition) is 1. The summed E-state index contributed by atoms with van der Waals surface area (Å²) in [5.74, 6) is -1.18. The summed E-state index contributed by atoms with van der Waals surface area (Å²) in [6.45, 7) is 4.24. The molecule has 9 nitrogen and oxygen atoms in total. The summed E-state index contributed by atoms with van der Waals surface area (Å²) in [5.41, 5.74) is -0.187. The third-order valence-corrected chi connectivity index (χ3v) is 6.18. The van der Waals surface area contributed by atoms with Gasteiger partial charge in [-0.25, -0.2) is 4.79 Å². The van der Waals surface area contributed by atoms with Gasteiger partial charge in [-0.15, -0.1) is 6.58 Å². The van der Waals surface area contributed by atoms with Gasteiger partial charge in [0.1, 0.15) is 0 Å². The van der Waals surface area contributed by atoms with E-state index in [1.165, 1.54) is 18.2 Å². The Balaban J connectivity index is 1.89. The van der Waals surface area contributed by atoms with Crippen LogP contribution in [-0.2, 0) is 16.0 Å². The molecule has 0 saturated carbocycles. The van der Waals surface area contributed by atoms with Crippen LogP contribution in [0.4, 0.5) is 16.2 Å². The lowest BCUT2D eigenvalue weighted by Gasteiger charge is -2.51. The Morgan fingerprint density at radius 3 is 2.79 bits per heavy atom. The van der Waals surface area contributed by atoms with E-state index < -0.39 is 34.2 Å². The van der Waals surface area contributed by atoms with Gasteiger partial charge in [-0.1, -0.05) is 18.9 Å². The summed E-state index contributed by atoms with van der Waals surface area (Å²) in [7, 11) is 0. The highest BCUT2D eigenvalue weighted by molar-refractivity contribution is 6.20. The maximum Gasteiger partial charge on any atom is 0.331 e. The molecule has 4 rings (SSSR count). The fraction of sp³-hybridized carbons (Fsp3) is 0.450. The van der Waals surface area contributed by atoms with Gasteiger partial charge in [0, 0.05) is 37.3 Å². The number of amides is 4. The highest BCUT2D eigenvalue weighted by atomic mass is 16.6. The Morgan fingerprint density at radius 1 is 1.28 bits per heavy atom. The van der Waals surface area contributed by atoms with Gasteiger partial charge in [0.2, 0.25) is 11.8 Å². The van der Waals surface area contributed by atoms with E-state index in [9.17, 15) is 24.5 Å². The number of barbiturate groups is 1. The Bertz CT molecular complexity index is 929. The minimum atomic E-state index is -1.50. The van der Waals surface area contributed by atoms with Gasteiger partial charge < -0.3 is 4.90 Å². The number of urea groups is 1. The summed E-state index contributed by atoms with van der Waals surface area (Å²) in [4.78, 5) is 52.8. The van der Waals surface area contributed by atoms with Crippen LogP contribution in [0.1, 0.15) is 31.2 Å². The molecule has 2 saturated heterocycles. The molecule has 0 bridgehead atoms. The van der Waals surface area contributed by atoms with Crippen LogP contribution >= 0.6 is 0 Å². The first kappa shape index (κ1) is 19.1. The van der Waals surface area contributed by atoms with Gasteiger partial charge in [0.15, 0.2) is 5.41 Å². The molecule has 0 aliphatic carbocycles. The number of anilines is 1. The molecule has 2 fully saturated rings. The van der Waals surface area contributed by atoms with Gasteiger partial charge >= 0.3 is 6.03 Å². The van der Waals surface area contributed by atoms with Gasteiger partial charge in [0.25, 0.3) is 5.69 Å². The number of imide groups is 2. The van der Waals surface area contributed by atoms with Crippen molar-refractivity contribution in [1.82, 2.24) is 10.2 Å². The number of carbonyl (C=O) groups excluding carboxylic acids is 3. The molecule has 1 aromatic rings. The number of benzene rings is 1. The topological polar surface area (TPSA) is 113 Å². The van der Waals surface area contributed by atoms with Crippen LogP contribution in [0, 0.1) is 15.5 Å². The minimum absolute atomic E-state index is 0.00574. The molecule has 1 spiro atoms. The first-order valence-corrected chi connectivity index (χ1v) is 9.72. The van der Waals surface area contributed by atoms with Crippen LogP contribution in [0.15, 0.2) is 30.9 Å². The number of nitrogens with zero attached hydrogens (tertiary/aromatic N) is 3. The molecule has 1 aromatic carbocycles. The zero-order chi connectivity index (χ0) is 20.8. The van der Waals surface area contributed by atoms with Crippen molar-refractivity contribution in [1.29, 1.82) is 0 Å². The van der Waals surface area contributed by atoms with Crippen molar-refractivity contribution in [3.05, 3.63) is 46.5 Å². The van der Waals surface area contributed by atoms with E-state index in [-0.39, 0.29) is 18.7 Å². The smallest absolute Gasteiger partial charge is 0.331 e. The average Bonchev–Trinajstić information content (AvgIpc) is 2.95. The van der Waals surface area contributed by atoms with Crippen molar-refractivity contribution in [2.75, 3.05) is 18.0 Å². The molecule has 3 aliphatic heterocycles. The minimum Gasteiger partial charge on any atom is -0.367 e. The molecule has 0 aromatic heterocycles. The first-order chi connectivity index (χ1) is 13.9. The second-order valence-electron chi connectivity index (χ2n) is 7.74. The lowest BCUT2D eigenvalue weighted by Crippen LogP contribution is -2.72. The fourth-order valence-electron chi connectivity index (χ4n) is 4.89. The van der Waals surface area contributed by atoms with E-state index in [1.807, 2.05) is 4.90 Å². The predicted octanol–water partition coefficient (Wildman–Crippen LogP) is 2.15. The maximum absolute atomic E-state index is 13.5. The zero-order valence-corrected chi connectivity index (χ0v) is 15.9. The van der Waals surface area contributed by atoms with E-state index in [0.29, 0.717) is 18.5 Å². The molecule has 0 unspecified atom stereocenters. The highest BCUT2D eigenvalue weighted by Gasteiger charge is 2.61. The SMILES string of the molecule is C=CCN1C(=O)NC(=O)[C@@]2(Cc3cc([N+](=O)[O-])ccc3N3CCCCC[C@@H]32)C1=O. The molecule has 152 valence electrons. The third kappa shape index (κ3) is 2.80. The van der Waals surface area contributed by atoms with E-state index in [4.69, 9.17) is 0 Å². The molecular formula is C20H22N4O5. The van der Waals surface area contributed by atoms with Gasteiger partial charge in [-0.2, -0.15) is 0 Å². The lowest BCUT2D eigenvalue weighted by molar-refractivity contribution is -0.384. The standard InChI is InChI=1S/C20H22N4O5/c1-2-9-23-18(26)20(17(25)21-19(23)27)12-13-11-14(24(28)29)7-8-15(13)22-10-5-3-4-6-16(20)22/h2,7-8,11,16H,1,3-6,9-10,12H2,(H,21,25,27)/t16-,20+/m1/s1. The normalized spacial score (nSPS) is 26.5.